The minimum atomic E-state index is -0.388. The third kappa shape index (κ3) is 6.79. The molecule has 1 aliphatic rings. The molecule has 1 aromatic heterocycles. The number of aromatic nitrogens is 1. The van der Waals surface area contributed by atoms with Gasteiger partial charge in [-0.25, -0.2) is 9.37 Å². The maximum absolute atomic E-state index is 14.2. The molecular formula is C24H29ClFN3O4S. The highest BCUT2D eigenvalue weighted by Gasteiger charge is 2.22. The van der Waals surface area contributed by atoms with Gasteiger partial charge in [0, 0.05) is 26.2 Å². The zero-order valence-electron chi connectivity index (χ0n) is 19.1. The first kappa shape index (κ1) is 26.2. The molecule has 2 aromatic carbocycles. The van der Waals surface area contributed by atoms with Crippen LogP contribution in [0.3, 0.4) is 0 Å². The molecule has 7 nitrogen and oxygen atoms in total. The van der Waals surface area contributed by atoms with Crippen molar-refractivity contribution in [1.82, 2.24) is 9.88 Å². The number of halogens is 2. The van der Waals surface area contributed by atoms with Crippen LogP contribution in [0, 0.1) is 5.82 Å². The number of hydrogen-bond acceptors (Lipinski definition) is 7. The number of nitrogens with zero attached hydrogens (tertiary/aromatic N) is 3. The monoisotopic (exact) mass is 509 g/mol. The Morgan fingerprint density at radius 3 is 2.53 bits per heavy atom. The second kappa shape index (κ2) is 12.9. The third-order valence-electron chi connectivity index (χ3n) is 5.35. The number of rotatable bonds is 10. The predicted octanol–water partition coefficient (Wildman–Crippen LogP) is 4.39. The zero-order valence-corrected chi connectivity index (χ0v) is 20.7. The van der Waals surface area contributed by atoms with Gasteiger partial charge >= 0.3 is 0 Å². The van der Waals surface area contributed by atoms with Crippen LogP contribution in [0.1, 0.15) is 13.3 Å². The highest BCUT2D eigenvalue weighted by molar-refractivity contribution is 7.22. The molecule has 0 atom stereocenters. The number of anilines is 1. The summed E-state index contributed by atoms with van der Waals surface area (Å²) in [6, 6.07) is 12.0. The summed E-state index contributed by atoms with van der Waals surface area (Å²) in [6.45, 7) is 6.94. The summed E-state index contributed by atoms with van der Waals surface area (Å²) in [7, 11) is 0. The Bertz CT molecular complexity index is 1060. The Kier molecular flexibility index (Phi) is 9.88. The molecule has 0 bridgehead atoms. The Morgan fingerprint density at radius 2 is 1.85 bits per heavy atom. The molecule has 0 N–H and O–H groups in total. The summed E-state index contributed by atoms with van der Waals surface area (Å²) in [6.07, 6.45) is 0.771. The van der Waals surface area contributed by atoms with Crippen molar-refractivity contribution in [2.24, 2.45) is 0 Å². The van der Waals surface area contributed by atoms with E-state index in [1.807, 2.05) is 13.0 Å². The second-order valence-electron chi connectivity index (χ2n) is 7.63. The minimum absolute atomic E-state index is 0. The third-order valence-corrected chi connectivity index (χ3v) is 6.39. The Hall–Kier alpha value is -2.46. The van der Waals surface area contributed by atoms with E-state index in [1.54, 1.807) is 35.2 Å². The summed E-state index contributed by atoms with van der Waals surface area (Å²) in [5, 5.41) is 0.484. The van der Waals surface area contributed by atoms with Crippen LogP contribution in [0.25, 0.3) is 10.2 Å². The van der Waals surface area contributed by atoms with E-state index in [2.05, 4.69) is 9.88 Å². The SMILES string of the molecule is CCOc1ccc(OCC(=O)N(CCCN2CCOCC2)c2nc3c(F)cccc3s2)cc1.Cl. The first-order chi connectivity index (χ1) is 16.1. The van der Waals surface area contributed by atoms with Crippen molar-refractivity contribution in [2.75, 3.05) is 57.5 Å². The second-order valence-corrected chi connectivity index (χ2v) is 8.64. The molecular weight excluding hydrogens is 481 g/mol. The molecule has 0 spiro atoms. The van der Waals surface area contributed by atoms with Crippen molar-refractivity contribution >= 4 is 45.0 Å². The molecule has 0 aliphatic carbocycles. The lowest BCUT2D eigenvalue weighted by Crippen LogP contribution is -2.40. The van der Waals surface area contributed by atoms with Gasteiger partial charge in [-0.1, -0.05) is 17.4 Å². The standard InChI is InChI=1S/C24H28FN3O4S.ClH/c1-2-31-18-7-9-19(10-8-18)32-17-22(29)28(12-4-11-27-13-15-30-16-14-27)24-26-23-20(25)5-3-6-21(23)33-24;/h3,5-10H,2,4,11-17H2,1H3;1H. The topological polar surface area (TPSA) is 64.1 Å². The molecule has 0 unspecified atom stereocenters. The Labute approximate surface area is 208 Å². The van der Waals surface area contributed by atoms with Crippen molar-refractivity contribution in [3.8, 4) is 11.5 Å². The smallest absolute Gasteiger partial charge is 0.266 e. The van der Waals surface area contributed by atoms with E-state index in [4.69, 9.17) is 14.2 Å². The summed E-state index contributed by atoms with van der Waals surface area (Å²) < 4.78 is 31.5. The van der Waals surface area contributed by atoms with Gasteiger partial charge in [0.25, 0.3) is 5.91 Å². The van der Waals surface area contributed by atoms with Crippen molar-refractivity contribution < 1.29 is 23.4 Å². The van der Waals surface area contributed by atoms with E-state index in [1.165, 1.54) is 17.4 Å². The van der Waals surface area contributed by atoms with Crippen molar-refractivity contribution in [3.63, 3.8) is 0 Å². The lowest BCUT2D eigenvalue weighted by atomic mass is 10.3. The number of carbonyl (C=O) groups excluding carboxylic acids is 1. The number of benzene rings is 2. The van der Waals surface area contributed by atoms with Crippen molar-refractivity contribution in [1.29, 1.82) is 0 Å². The Morgan fingerprint density at radius 1 is 1.15 bits per heavy atom. The van der Waals surface area contributed by atoms with Gasteiger partial charge in [0.15, 0.2) is 11.7 Å². The fourth-order valence-electron chi connectivity index (χ4n) is 3.64. The molecule has 1 amide bonds. The first-order valence-electron chi connectivity index (χ1n) is 11.1. The summed E-state index contributed by atoms with van der Waals surface area (Å²) in [5.74, 6) is 0.722. The lowest BCUT2D eigenvalue weighted by molar-refractivity contribution is -0.120. The van der Waals surface area contributed by atoms with Gasteiger partial charge in [0.1, 0.15) is 22.8 Å². The van der Waals surface area contributed by atoms with Crippen LogP contribution in [0.15, 0.2) is 42.5 Å². The predicted molar refractivity (Wildman–Crippen MR) is 134 cm³/mol. The van der Waals surface area contributed by atoms with E-state index >= 15 is 0 Å². The number of carbonyl (C=O) groups is 1. The zero-order chi connectivity index (χ0) is 23.0. The highest BCUT2D eigenvalue weighted by atomic mass is 35.5. The maximum Gasteiger partial charge on any atom is 0.266 e. The number of hydrogen-bond donors (Lipinski definition) is 0. The van der Waals surface area contributed by atoms with Crippen LogP contribution in [-0.2, 0) is 9.53 Å². The molecule has 184 valence electrons. The van der Waals surface area contributed by atoms with E-state index in [9.17, 15) is 9.18 Å². The fraction of sp³-hybridized carbons (Fsp3) is 0.417. The quantitative estimate of drug-likeness (QED) is 0.404. The molecule has 0 radical (unpaired) electrons. The fourth-order valence-corrected chi connectivity index (χ4v) is 4.67. The van der Waals surface area contributed by atoms with Crippen molar-refractivity contribution in [2.45, 2.75) is 13.3 Å². The normalized spacial score (nSPS) is 13.9. The van der Waals surface area contributed by atoms with Crippen molar-refractivity contribution in [3.05, 3.63) is 48.3 Å². The Balaban J connectivity index is 0.00000324. The van der Waals surface area contributed by atoms with Crippen LogP contribution >= 0.6 is 23.7 Å². The number of morpholine rings is 1. The average molecular weight is 510 g/mol. The lowest BCUT2D eigenvalue weighted by Gasteiger charge is -2.27. The minimum Gasteiger partial charge on any atom is -0.494 e. The first-order valence-corrected chi connectivity index (χ1v) is 12.0. The highest BCUT2D eigenvalue weighted by Crippen LogP contribution is 2.30. The largest absolute Gasteiger partial charge is 0.494 e. The van der Waals surface area contributed by atoms with Crippen LogP contribution < -0.4 is 14.4 Å². The molecule has 2 heterocycles. The van der Waals surface area contributed by atoms with E-state index in [0.29, 0.717) is 28.7 Å². The van der Waals surface area contributed by atoms with Gasteiger partial charge in [-0.05, 0) is 49.7 Å². The van der Waals surface area contributed by atoms with Gasteiger partial charge in [-0.2, -0.15) is 0 Å². The van der Waals surface area contributed by atoms with Gasteiger partial charge < -0.3 is 14.2 Å². The summed E-state index contributed by atoms with van der Waals surface area (Å²) >= 11 is 1.31. The molecule has 34 heavy (non-hydrogen) atoms. The van der Waals surface area contributed by atoms with Gasteiger partial charge in [-0.15, -0.1) is 12.4 Å². The molecule has 1 aliphatic heterocycles. The van der Waals surface area contributed by atoms with Crippen LogP contribution in [0.4, 0.5) is 9.52 Å². The van der Waals surface area contributed by atoms with Crippen LogP contribution in [0.2, 0.25) is 0 Å². The average Bonchev–Trinajstić information content (AvgIpc) is 3.27. The number of amides is 1. The van der Waals surface area contributed by atoms with E-state index in [0.717, 1.165) is 45.0 Å². The molecule has 10 heteroatoms. The number of para-hydroxylation sites is 1. The summed E-state index contributed by atoms with van der Waals surface area (Å²) in [4.78, 5) is 21.5. The van der Waals surface area contributed by atoms with Crippen LogP contribution in [0.5, 0.6) is 11.5 Å². The van der Waals surface area contributed by atoms with Crippen LogP contribution in [-0.4, -0.2) is 68.4 Å². The molecule has 1 saturated heterocycles. The molecule has 4 rings (SSSR count). The van der Waals surface area contributed by atoms with Gasteiger partial charge in [-0.3, -0.25) is 14.6 Å². The molecule has 1 fully saturated rings. The van der Waals surface area contributed by atoms with E-state index in [-0.39, 0.29) is 36.3 Å². The number of ether oxygens (including phenoxy) is 3. The number of fused-ring (bicyclic) bond motifs is 1. The summed E-state index contributed by atoms with van der Waals surface area (Å²) in [5.41, 5.74) is 0.288. The maximum atomic E-state index is 14.2. The molecule has 3 aromatic rings. The number of thiazole rings is 1. The van der Waals surface area contributed by atoms with Gasteiger partial charge in [0.05, 0.1) is 24.5 Å². The van der Waals surface area contributed by atoms with E-state index < -0.39 is 0 Å². The molecule has 0 saturated carbocycles. The van der Waals surface area contributed by atoms with Gasteiger partial charge in [0.2, 0.25) is 0 Å².